The molecule has 0 spiro atoms. The van der Waals surface area contributed by atoms with E-state index in [1.54, 1.807) is 6.07 Å². The summed E-state index contributed by atoms with van der Waals surface area (Å²) in [5.41, 5.74) is 0. The van der Waals surface area contributed by atoms with E-state index in [2.05, 4.69) is 12.2 Å². The second-order valence-corrected chi connectivity index (χ2v) is 6.52. The van der Waals surface area contributed by atoms with Crippen LogP contribution in [0.5, 0.6) is 0 Å². The number of rotatable bonds is 5. The minimum absolute atomic E-state index is 0.0150. The van der Waals surface area contributed by atoms with Gasteiger partial charge < -0.3 is 14.8 Å². The molecule has 5 unspecified atom stereocenters. The topological polar surface area (TPSA) is 62.5 Å². The van der Waals surface area contributed by atoms with Gasteiger partial charge in [0.1, 0.15) is 5.76 Å². The van der Waals surface area contributed by atoms with Gasteiger partial charge in [0.15, 0.2) is 0 Å². The van der Waals surface area contributed by atoms with E-state index in [1.807, 2.05) is 6.92 Å². The number of carbonyl (C=O) groups is 1. The van der Waals surface area contributed by atoms with Gasteiger partial charge in [0.05, 0.1) is 6.04 Å². The quantitative estimate of drug-likeness (QED) is 0.865. The van der Waals surface area contributed by atoms with Crippen LogP contribution in [0.2, 0.25) is 0 Å². The van der Waals surface area contributed by atoms with Gasteiger partial charge in [-0.3, -0.25) is 0 Å². The zero-order valence-corrected chi connectivity index (χ0v) is 12.1. The van der Waals surface area contributed by atoms with Crippen LogP contribution in [0, 0.1) is 17.8 Å². The first-order valence-electron chi connectivity index (χ1n) is 7.63. The van der Waals surface area contributed by atoms with Crippen LogP contribution < -0.4 is 5.32 Å². The Bertz CT molecular complexity index is 496. The van der Waals surface area contributed by atoms with Gasteiger partial charge in [0.2, 0.25) is 5.76 Å². The number of nitrogens with one attached hydrogen (secondary N) is 1. The highest BCUT2D eigenvalue weighted by Crippen LogP contribution is 2.49. The lowest BCUT2D eigenvalue weighted by Crippen LogP contribution is -2.37. The number of carboxylic acids is 1. The van der Waals surface area contributed by atoms with Gasteiger partial charge in [-0.15, -0.1) is 0 Å². The van der Waals surface area contributed by atoms with Gasteiger partial charge in [-0.05, 0) is 63.0 Å². The van der Waals surface area contributed by atoms with Crippen LogP contribution in [0.15, 0.2) is 16.5 Å². The first kappa shape index (κ1) is 13.7. The summed E-state index contributed by atoms with van der Waals surface area (Å²) in [6.45, 7) is 4.29. The summed E-state index contributed by atoms with van der Waals surface area (Å²) < 4.78 is 5.37. The van der Waals surface area contributed by atoms with Crippen LogP contribution in [-0.4, -0.2) is 17.1 Å². The van der Waals surface area contributed by atoms with Gasteiger partial charge in [-0.1, -0.05) is 6.42 Å². The number of hydrogen-bond acceptors (Lipinski definition) is 3. The van der Waals surface area contributed by atoms with E-state index in [0.29, 0.717) is 11.8 Å². The first-order chi connectivity index (χ1) is 9.54. The number of carboxylic acid groups (broad SMARTS) is 1. The largest absolute Gasteiger partial charge is 0.475 e. The van der Waals surface area contributed by atoms with E-state index in [0.717, 1.165) is 17.8 Å². The second-order valence-electron chi connectivity index (χ2n) is 6.52. The van der Waals surface area contributed by atoms with Gasteiger partial charge in [-0.2, -0.15) is 0 Å². The van der Waals surface area contributed by atoms with Gasteiger partial charge >= 0.3 is 5.97 Å². The van der Waals surface area contributed by atoms with Crippen molar-refractivity contribution in [2.75, 3.05) is 0 Å². The number of hydrogen-bond donors (Lipinski definition) is 2. The Morgan fingerprint density at radius 3 is 2.70 bits per heavy atom. The molecular formula is C16H23NO3. The van der Waals surface area contributed by atoms with Gasteiger partial charge in [0.25, 0.3) is 0 Å². The SMILES string of the molecule is CC(NC(C)C1CC2CCC1C2)c1ccc(C(=O)O)o1. The molecule has 2 fully saturated rings. The van der Waals surface area contributed by atoms with Crippen LogP contribution in [0.25, 0.3) is 0 Å². The summed E-state index contributed by atoms with van der Waals surface area (Å²) in [6.07, 6.45) is 5.57. The third kappa shape index (κ3) is 2.49. The lowest BCUT2D eigenvalue weighted by atomic mass is 9.83. The predicted molar refractivity (Wildman–Crippen MR) is 75.6 cm³/mol. The molecule has 2 aliphatic rings. The fourth-order valence-corrected chi connectivity index (χ4v) is 4.21. The summed E-state index contributed by atoms with van der Waals surface area (Å²) >= 11 is 0. The summed E-state index contributed by atoms with van der Waals surface area (Å²) in [5, 5.41) is 12.5. The van der Waals surface area contributed by atoms with E-state index in [9.17, 15) is 4.79 Å². The van der Waals surface area contributed by atoms with Crippen molar-refractivity contribution in [1.29, 1.82) is 0 Å². The Morgan fingerprint density at radius 1 is 1.35 bits per heavy atom. The summed E-state index contributed by atoms with van der Waals surface area (Å²) in [7, 11) is 0. The molecular weight excluding hydrogens is 254 g/mol. The fourth-order valence-electron chi connectivity index (χ4n) is 4.21. The molecule has 110 valence electrons. The van der Waals surface area contributed by atoms with Crippen LogP contribution in [0.1, 0.15) is 61.9 Å². The molecule has 0 aromatic carbocycles. The van der Waals surface area contributed by atoms with Crippen molar-refractivity contribution in [1.82, 2.24) is 5.32 Å². The molecule has 20 heavy (non-hydrogen) atoms. The van der Waals surface area contributed by atoms with Gasteiger partial charge in [-0.25, -0.2) is 4.79 Å². The summed E-state index contributed by atoms with van der Waals surface area (Å²) in [6, 6.07) is 3.79. The first-order valence-corrected chi connectivity index (χ1v) is 7.63. The molecule has 4 nitrogen and oxygen atoms in total. The molecule has 0 amide bonds. The lowest BCUT2D eigenvalue weighted by molar-refractivity contribution is 0.0659. The van der Waals surface area contributed by atoms with Crippen molar-refractivity contribution in [2.45, 2.75) is 51.6 Å². The van der Waals surface area contributed by atoms with E-state index in [4.69, 9.17) is 9.52 Å². The molecule has 3 rings (SSSR count). The Labute approximate surface area is 119 Å². The summed E-state index contributed by atoms with van der Waals surface area (Å²) in [5.74, 6) is 2.32. The normalized spacial score (nSPS) is 31.4. The number of furan rings is 1. The van der Waals surface area contributed by atoms with Crippen molar-refractivity contribution < 1.29 is 14.3 Å². The third-order valence-corrected chi connectivity index (χ3v) is 5.21. The van der Waals surface area contributed by atoms with E-state index >= 15 is 0 Å². The maximum Gasteiger partial charge on any atom is 0.371 e. The Balaban J connectivity index is 1.60. The Morgan fingerprint density at radius 2 is 2.15 bits per heavy atom. The average Bonchev–Trinajstić information content (AvgIpc) is 3.14. The van der Waals surface area contributed by atoms with Crippen LogP contribution >= 0.6 is 0 Å². The predicted octanol–water partition coefficient (Wildman–Crippen LogP) is 3.45. The third-order valence-electron chi connectivity index (χ3n) is 5.21. The summed E-state index contributed by atoms with van der Waals surface area (Å²) in [4.78, 5) is 10.8. The number of fused-ring (bicyclic) bond motifs is 2. The smallest absolute Gasteiger partial charge is 0.371 e. The molecule has 1 aromatic heterocycles. The zero-order valence-electron chi connectivity index (χ0n) is 12.1. The van der Waals surface area contributed by atoms with Crippen molar-refractivity contribution >= 4 is 5.97 Å². The molecule has 1 heterocycles. The molecule has 2 bridgehead atoms. The van der Waals surface area contributed by atoms with Crippen LogP contribution in [-0.2, 0) is 0 Å². The maximum atomic E-state index is 10.8. The van der Waals surface area contributed by atoms with E-state index in [1.165, 1.54) is 31.7 Å². The minimum atomic E-state index is -1.01. The molecule has 0 aliphatic heterocycles. The van der Waals surface area contributed by atoms with Crippen LogP contribution in [0.4, 0.5) is 0 Å². The Kier molecular flexibility index (Phi) is 3.59. The minimum Gasteiger partial charge on any atom is -0.475 e. The number of aromatic carboxylic acids is 1. The molecule has 2 saturated carbocycles. The molecule has 0 saturated heterocycles. The highest BCUT2D eigenvalue weighted by molar-refractivity contribution is 5.84. The monoisotopic (exact) mass is 277 g/mol. The molecule has 5 atom stereocenters. The van der Waals surface area contributed by atoms with Crippen molar-refractivity contribution in [3.05, 3.63) is 23.7 Å². The molecule has 1 aromatic rings. The Hall–Kier alpha value is -1.29. The highest BCUT2D eigenvalue weighted by atomic mass is 16.4. The molecule has 2 aliphatic carbocycles. The maximum absolute atomic E-state index is 10.8. The average molecular weight is 277 g/mol. The molecule has 4 heteroatoms. The van der Waals surface area contributed by atoms with Crippen molar-refractivity contribution in [3.8, 4) is 0 Å². The lowest BCUT2D eigenvalue weighted by Gasteiger charge is -2.30. The van der Waals surface area contributed by atoms with Crippen LogP contribution in [0.3, 0.4) is 0 Å². The molecule has 2 N–H and O–H groups in total. The van der Waals surface area contributed by atoms with Gasteiger partial charge in [0, 0.05) is 6.04 Å². The van der Waals surface area contributed by atoms with Crippen molar-refractivity contribution in [2.24, 2.45) is 17.8 Å². The van der Waals surface area contributed by atoms with E-state index < -0.39 is 5.97 Å². The fraction of sp³-hybridized carbons (Fsp3) is 0.688. The zero-order chi connectivity index (χ0) is 14.3. The standard InChI is InChI=1S/C16H23NO3/c1-9(13-8-11-3-4-12(13)7-11)17-10(2)14-5-6-15(20-14)16(18)19/h5-6,9-13,17H,3-4,7-8H2,1-2H3,(H,18,19). The highest BCUT2D eigenvalue weighted by Gasteiger charge is 2.42. The van der Waals surface area contributed by atoms with E-state index in [-0.39, 0.29) is 11.8 Å². The molecule has 0 radical (unpaired) electrons. The second kappa shape index (κ2) is 5.24. The van der Waals surface area contributed by atoms with Crippen molar-refractivity contribution in [3.63, 3.8) is 0 Å².